The van der Waals surface area contributed by atoms with Gasteiger partial charge in [0.1, 0.15) is 5.75 Å². The number of benzene rings is 1. The van der Waals surface area contributed by atoms with Gasteiger partial charge in [-0.15, -0.1) is 12.4 Å². The summed E-state index contributed by atoms with van der Waals surface area (Å²) in [5.41, 5.74) is 8.15. The zero-order valence-electron chi connectivity index (χ0n) is 13.0. The van der Waals surface area contributed by atoms with Gasteiger partial charge in [-0.3, -0.25) is 0 Å². The van der Waals surface area contributed by atoms with Crippen molar-refractivity contribution in [2.45, 2.75) is 51.7 Å². The largest absolute Gasteiger partial charge is 0.483 e. The fourth-order valence-corrected chi connectivity index (χ4v) is 2.75. The van der Waals surface area contributed by atoms with Crippen molar-refractivity contribution in [2.24, 2.45) is 5.73 Å². The predicted octanol–water partition coefficient (Wildman–Crippen LogP) is 3.42. The van der Waals surface area contributed by atoms with Crippen LogP contribution in [0.4, 0.5) is 0 Å². The normalized spacial score (nSPS) is 16.3. The smallest absolute Gasteiger partial charge is 0.264 e. The fraction of sp³-hybridized carbons (Fsp3) is 0.500. The number of ether oxygens (including phenoxy) is 1. The molecule has 1 fully saturated rings. The summed E-state index contributed by atoms with van der Waals surface area (Å²) < 4.78 is 11.0. The second-order valence-electron chi connectivity index (χ2n) is 5.93. The van der Waals surface area contributed by atoms with E-state index in [4.69, 9.17) is 15.0 Å². The molecule has 0 unspecified atom stereocenters. The lowest BCUT2D eigenvalue weighted by molar-refractivity contribution is 0.240. The Balaban J connectivity index is 0.00000176. The van der Waals surface area contributed by atoms with Gasteiger partial charge in [0, 0.05) is 0 Å². The maximum atomic E-state index is 6.32. The molecule has 120 valence electrons. The molecule has 1 heterocycles. The standard InChI is InChI=1S/C16H21N3O2.ClH/c1-11-5-6-12(2)13(9-11)20-10-14-18-15(19-21-14)16(17)7-3-4-8-16;/h5-6,9H,3-4,7-8,10,17H2,1-2H3;1H. The molecule has 2 N–H and O–H groups in total. The van der Waals surface area contributed by atoms with Crippen molar-refractivity contribution < 1.29 is 9.26 Å². The third-order valence-corrected chi connectivity index (χ3v) is 4.10. The third-order valence-electron chi connectivity index (χ3n) is 4.10. The summed E-state index contributed by atoms with van der Waals surface area (Å²) in [6.07, 6.45) is 4.09. The molecule has 6 heteroatoms. The molecule has 1 aromatic carbocycles. The van der Waals surface area contributed by atoms with Gasteiger partial charge >= 0.3 is 0 Å². The second kappa shape index (κ2) is 6.67. The second-order valence-corrected chi connectivity index (χ2v) is 5.93. The average Bonchev–Trinajstić information content (AvgIpc) is 3.10. The van der Waals surface area contributed by atoms with Gasteiger partial charge < -0.3 is 15.0 Å². The van der Waals surface area contributed by atoms with Gasteiger partial charge in [-0.2, -0.15) is 4.98 Å². The molecule has 0 amide bonds. The monoisotopic (exact) mass is 323 g/mol. The van der Waals surface area contributed by atoms with E-state index in [1.807, 2.05) is 26.0 Å². The summed E-state index contributed by atoms with van der Waals surface area (Å²) in [7, 11) is 0. The highest BCUT2D eigenvalue weighted by Crippen LogP contribution is 2.34. The molecule has 0 aliphatic heterocycles. The van der Waals surface area contributed by atoms with Crippen LogP contribution in [-0.2, 0) is 12.1 Å². The van der Waals surface area contributed by atoms with Gasteiger partial charge in [-0.05, 0) is 43.9 Å². The summed E-state index contributed by atoms with van der Waals surface area (Å²) in [5, 5.41) is 4.03. The molecule has 1 saturated carbocycles. The number of nitrogens with two attached hydrogens (primary N) is 1. The van der Waals surface area contributed by atoms with Crippen LogP contribution < -0.4 is 10.5 Å². The van der Waals surface area contributed by atoms with Crippen molar-refractivity contribution in [3.8, 4) is 5.75 Å². The van der Waals surface area contributed by atoms with E-state index in [2.05, 4.69) is 16.2 Å². The van der Waals surface area contributed by atoms with Gasteiger partial charge in [-0.25, -0.2) is 0 Å². The summed E-state index contributed by atoms with van der Waals surface area (Å²) in [6, 6.07) is 6.11. The Morgan fingerprint density at radius 2 is 2.00 bits per heavy atom. The Hall–Kier alpha value is -1.59. The highest BCUT2D eigenvalue weighted by atomic mass is 35.5. The SMILES string of the molecule is Cc1ccc(C)c(OCc2nc(C3(N)CCCC3)no2)c1.Cl. The van der Waals surface area contributed by atoms with Gasteiger partial charge in [0.2, 0.25) is 0 Å². The lowest BCUT2D eigenvalue weighted by Gasteiger charge is -2.17. The summed E-state index contributed by atoms with van der Waals surface area (Å²) in [6.45, 7) is 4.32. The molecule has 1 aliphatic rings. The van der Waals surface area contributed by atoms with Crippen LogP contribution in [-0.4, -0.2) is 10.1 Å². The molecule has 0 radical (unpaired) electrons. The molecule has 0 spiro atoms. The van der Waals surface area contributed by atoms with E-state index in [9.17, 15) is 0 Å². The molecule has 0 atom stereocenters. The molecule has 1 aliphatic carbocycles. The van der Waals surface area contributed by atoms with Crippen LogP contribution >= 0.6 is 12.4 Å². The van der Waals surface area contributed by atoms with E-state index in [-0.39, 0.29) is 19.0 Å². The molecular weight excluding hydrogens is 302 g/mol. The highest BCUT2D eigenvalue weighted by molar-refractivity contribution is 5.85. The molecule has 1 aromatic heterocycles. The maximum Gasteiger partial charge on any atom is 0.264 e. The maximum absolute atomic E-state index is 6.32. The molecular formula is C16H22ClN3O2. The molecule has 5 nitrogen and oxygen atoms in total. The molecule has 0 bridgehead atoms. The highest BCUT2D eigenvalue weighted by Gasteiger charge is 2.35. The average molecular weight is 324 g/mol. The van der Waals surface area contributed by atoms with Gasteiger partial charge in [0.25, 0.3) is 5.89 Å². The first-order chi connectivity index (χ1) is 10.1. The Kier molecular flexibility index (Phi) is 5.08. The molecule has 22 heavy (non-hydrogen) atoms. The Bertz CT molecular complexity index is 636. The van der Waals surface area contributed by atoms with Crippen LogP contribution in [0.3, 0.4) is 0 Å². The van der Waals surface area contributed by atoms with Crippen LogP contribution in [0.1, 0.15) is 48.5 Å². The number of hydrogen-bond acceptors (Lipinski definition) is 5. The minimum atomic E-state index is -0.416. The first kappa shape index (κ1) is 16.8. The number of halogens is 1. The lowest BCUT2D eigenvalue weighted by Crippen LogP contribution is -2.34. The lowest BCUT2D eigenvalue weighted by atomic mass is 9.99. The topological polar surface area (TPSA) is 74.2 Å². The van der Waals surface area contributed by atoms with Crippen LogP contribution in [0.15, 0.2) is 22.7 Å². The van der Waals surface area contributed by atoms with Crippen molar-refractivity contribution in [3.63, 3.8) is 0 Å². The third kappa shape index (κ3) is 3.42. The fourth-order valence-electron chi connectivity index (χ4n) is 2.75. The van der Waals surface area contributed by atoms with Crippen molar-refractivity contribution >= 4 is 12.4 Å². The summed E-state index contributed by atoms with van der Waals surface area (Å²) >= 11 is 0. The van der Waals surface area contributed by atoms with E-state index < -0.39 is 5.54 Å². The van der Waals surface area contributed by atoms with Gasteiger partial charge in [-0.1, -0.05) is 30.1 Å². The quantitative estimate of drug-likeness (QED) is 0.933. The summed E-state index contributed by atoms with van der Waals surface area (Å²) in [5.74, 6) is 1.93. The minimum Gasteiger partial charge on any atom is -0.483 e. The Morgan fingerprint density at radius 1 is 1.27 bits per heavy atom. The number of aryl methyl sites for hydroxylation is 2. The van der Waals surface area contributed by atoms with E-state index in [0.29, 0.717) is 11.7 Å². The van der Waals surface area contributed by atoms with Crippen LogP contribution in [0.2, 0.25) is 0 Å². The van der Waals surface area contributed by atoms with Crippen LogP contribution in [0.25, 0.3) is 0 Å². The zero-order chi connectivity index (χ0) is 14.9. The Morgan fingerprint density at radius 3 is 2.73 bits per heavy atom. The molecule has 2 aromatic rings. The first-order valence-electron chi connectivity index (χ1n) is 7.39. The van der Waals surface area contributed by atoms with Crippen LogP contribution in [0, 0.1) is 13.8 Å². The van der Waals surface area contributed by atoms with Crippen molar-refractivity contribution in [1.29, 1.82) is 0 Å². The van der Waals surface area contributed by atoms with Gasteiger partial charge in [0.05, 0.1) is 5.54 Å². The van der Waals surface area contributed by atoms with Crippen molar-refractivity contribution in [1.82, 2.24) is 10.1 Å². The van der Waals surface area contributed by atoms with Crippen LogP contribution in [0.5, 0.6) is 5.75 Å². The molecule has 3 rings (SSSR count). The Labute approximate surface area is 136 Å². The number of aromatic nitrogens is 2. The van der Waals surface area contributed by atoms with Crippen molar-refractivity contribution in [3.05, 3.63) is 41.0 Å². The van der Waals surface area contributed by atoms with E-state index in [1.54, 1.807) is 0 Å². The minimum absolute atomic E-state index is 0. The number of rotatable bonds is 4. The summed E-state index contributed by atoms with van der Waals surface area (Å²) in [4.78, 5) is 4.40. The first-order valence-corrected chi connectivity index (χ1v) is 7.39. The number of nitrogens with zero attached hydrogens (tertiary/aromatic N) is 2. The predicted molar refractivity (Wildman–Crippen MR) is 86.1 cm³/mol. The van der Waals surface area contributed by atoms with Crippen molar-refractivity contribution in [2.75, 3.05) is 0 Å². The van der Waals surface area contributed by atoms with E-state index in [1.165, 1.54) is 0 Å². The van der Waals surface area contributed by atoms with E-state index >= 15 is 0 Å². The molecule has 0 saturated heterocycles. The number of hydrogen-bond donors (Lipinski definition) is 1. The van der Waals surface area contributed by atoms with E-state index in [0.717, 1.165) is 42.6 Å². The van der Waals surface area contributed by atoms with Gasteiger partial charge in [0.15, 0.2) is 12.4 Å². The zero-order valence-corrected chi connectivity index (χ0v) is 13.8.